The lowest BCUT2D eigenvalue weighted by molar-refractivity contribution is 1.22. The van der Waals surface area contributed by atoms with Crippen LogP contribution in [0.3, 0.4) is 0 Å². The van der Waals surface area contributed by atoms with Crippen molar-refractivity contribution in [1.29, 1.82) is 21.0 Å². The molecule has 8 nitrogen and oxygen atoms in total. The Morgan fingerprint density at radius 3 is 1.46 bits per heavy atom. The predicted octanol–water partition coefficient (Wildman–Crippen LogP) is 7.86. The van der Waals surface area contributed by atoms with E-state index in [4.69, 9.17) is 4.99 Å². The zero-order valence-corrected chi connectivity index (χ0v) is 30.5. The zero-order valence-electron chi connectivity index (χ0n) is 30.5. The van der Waals surface area contributed by atoms with E-state index in [2.05, 4.69) is 45.8 Å². The fourth-order valence-electron chi connectivity index (χ4n) is 7.19. The largest absolute Gasteiger partial charge is 0.354 e. The minimum Gasteiger partial charge on any atom is -0.354 e. The topological polar surface area (TPSA) is 151 Å². The lowest BCUT2D eigenvalue weighted by Crippen LogP contribution is -2.22. The normalized spacial score (nSPS) is 15.4. The Bertz CT molecular complexity index is 3050. The summed E-state index contributed by atoms with van der Waals surface area (Å²) in [6.45, 7) is 4.46. The van der Waals surface area contributed by atoms with Gasteiger partial charge in [-0.25, -0.2) is 4.99 Å². The average Bonchev–Trinajstić information content (AvgIpc) is 4.10. The van der Waals surface area contributed by atoms with Crippen LogP contribution in [0.2, 0.25) is 0 Å². The first-order valence-electron chi connectivity index (χ1n) is 18.1. The van der Waals surface area contributed by atoms with Crippen LogP contribution in [0.5, 0.6) is 0 Å². The van der Waals surface area contributed by atoms with E-state index < -0.39 is 0 Å². The van der Waals surface area contributed by atoms with Gasteiger partial charge in [-0.3, -0.25) is 4.99 Å². The van der Waals surface area contributed by atoms with E-state index >= 15 is 0 Å². The maximum atomic E-state index is 10.8. The molecule has 0 radical (unpaired) electrons. The molecule has 0 aliphatic carbocycles. The fraction of sp³-hybridized carbons (Fsp3) is 0.0204. The SMILES string of the molecule is C=C(c1ccccc1)c1ccc(/C(=C2N=C(/C(c3ccccc3)=c3/cc/c(=C(/C4=NCC(C#N)=C4C#N)c4ccccc4)[nH]3)C(C#N)=C\2C#N)c2ccccc2)[nH]1. The van der Waals surface area contributed by atoms with Crippen molar-refractivity contribution < 1.29 is 0 Å². The molecule has 0 saturated carbocycles. The molecule has 8 heteroatoms. The Morgan fingerprint density at radius 1 is 0.474 bits per heavy atom. The molecule has 0 bridgehead atoms. The lowest BCUT2D eigenvalue weighted by atomic mass is 9.93. The van der Waals surface area contributed by atoms with Crippen LogP contribution in [0.15, 0.2) is 190 Å². The van der Waals surface area contributed by atoms with Crippen LogP contribution in [0, 0.1) is 45.3 Å². The number of H-pyrrole nitrogens is 2. The highest BCUT2D eigenvalue weighted by atomic mass is 14.8. The Hall–Kier alpha value is -8.56. The van der Waals surface area contributed by atoms with Gasteiger partial charge in [0.05, 0.1) is 52.0 Å². The van der Waals surface area contributed by atoms with Gasteiger partial charge in [-0.15, -0.1) is 0 Å². The maximum Gasteiger partial charge on any atom is 0.103 e. The molecule has 0 amide bonds. The summed E-state index contributed by atoms with van der Waals surface area (Å²) in [5.74, 6) is 0. The zero-order chi connectivity index (χ0) is 39.3. The highest BCUT2D eigenvalue weighted by Crippen LogP contribution is 2.39. The number of nitrogens with one attached hydrogen (secondary N) is 2. The molecule has 57 heavy (non-hydrogen) atoms. The first-order valence-corrected chi connectivity index (χ1v) is 18.1. The second kappa shape index (κ2) is 15.4. The van der Waals surface area contributed by atoms with Gasteiger partial charge in [-0.2, -0.15) is 21.0 Å². The van der Waals surface area contributed by atoms with Gasteiger partial charge in [0, 0.05) is 38.8 Å². The van der Waals surface area contributed by atoms with E-state index in [-0.39, 0.29) is 23.3 Å². The van der Waals surface area contributed by atoms with E-state index in [0.717, 1.165) is 33.5 Å². The third-order valence-electron chi connectivity index (χ3n) is 9.88. The smallest absolute Gasteiger partial charge is 0.103 e. The summed E-state index contributed by atoms with van der Waals surface area (Å²) < 4.78 is 0. The van der Waals surface area contributed by atoms with Gasteiger partial charge in [0.25, 0.3) is 0 Å². The van der Waals surface area contributed by atoms with Crippen LogP contribution in [0.4, 0.5) is 0 Å². The van der Waals surface area contributed by atoms with Gasteiger partial charge in [0.1, 0.15) is 18.2 Å². The number of rotatable bonds is 8. The van der Waals surface area contributed by atoms with Gasteiger partial charge in [-0.1, -0.05) is 128 Å². The number of nitriles is 4. The standard InChI is InChI=1S/C49H30N8/c1-31(32-14-6-2-7-15-32)40-22-23-42(55-40)45(34-18-10-4-11-19-34)48-38(28-52)39(29-53)49(57-48)46(35-20-12-5-13-21-35)43-25-24-41(56-43)44(33-16-8-3-9-17-33)47-37(27-51)36(26-50)30-54-47/h2-25,55-56H,1,30H2/b44-41-,46-43-,48-45-. The number of hydrogen-bond acceptors (Lipinski definition) is 6. The summed E-state index contributed by atoms with van der Waals surface area (Å²) in [5.41, 5.74) is 9.53. The van der Waals surface area contributed by atoms with Gasteiger partial charge < -0.3 is 9.97 Å². The van der Waals surface area contributed by atoms with Crippen LogP contribution >= 0.6 is 0 Å². The number of aromatic amines is 2. The molecular formula is C49H30N8. The molecule has 2 aromatic heterocycles. The van der Waals surface area contributed by atoms with E-state index in [0.29, 0.717) is 55.8 Å². The van der Waals surface area contributed by atoms with Crippen LogP contribution < -0.4 is 10.7 Å². The van der Waals surface area contributed by atoms with Crippen molar-refractivity contribution in [1.82, 2.24) is 9.97 Å². The molecule has 0 saturated heterocycles. The Morgan fingerprint density at radius 2 is 0.947 bits per heavy atom. The summed E-state index contributed by atoms with van der Waals surface area (Å²) in [6, 6.07) is 55.4. The van der Waals surface area contributed by atoms with Crippen molar-refractivity contribution in [3.05, 3.63) is 225 Å². The lowest BCUT2D eigenvalue weighted by Gasteiger charge is -2.10. The number of benzene rings is 4. The quantitative estimate of drug-likeness (QED) is 0.164. The van der Waals surface area contributed by atoms with Crippen LogP contribution in [0.25, 0.3) is 22.3 Å². The molecule has 4 aromatic carbocycles. The van der Waals surface area contributed by atoms with E-state index in [9.17, 15) is 21.0 Å². The third kappa shape index (κ3) is 6.53. The van der Waals surface area contributed by atoms with Crippen molar-refractivity contribution in [2.75, 3.05) is 6.54 Å². The van der Waals surface area contributed by atoms with E-state index in [1.165, 1.54) is 0 Å². The summed E-state index contributed by atoms with van der Waals surface area (Å²) in [4.78, 5) is 17.0. The number of hydrogen-bond donors (Lipinski definition) is 2. The first-order chi connectivity index (χ1) is 28.0. The highest BCUT2D eigenvalue weighted by molar-refractivity contribution is 6.36. The molecule has 2 N–H and O–H groups in total. The number of nitrogens with zero attached hydrogens (tertiary/aromatic N) is 6. The van der Waals surface area contributed by atoms with E-state index in [1.807, 2.05) is 146 Å². The Balaban J connectivity index is 1.41. The molecule has 8 rings (SSSR count). The summed E-state index contributed by atoms with van der Waals surface area (Å²) in [7, 11) is 0. The number of aliphatic imine (C=N–C) groups is 2. The molecular weight excluding hydrogens is 701 g/mol. The fourth-order valence-corrected chi connectivity index (χ4v) is 7.19. The van der Waals surface area contributed by atoms with E-state index in [1.54, 1.807) is 0 Å². The monoisotopic (exact) mass is 730 g/mol. The average molecular weight is 731 g/mol. The van der Waals surface area contributed by atoms with Crippen molar-refractivity contribution in [2.45, 2.75) is 0 Å². The minimum atomic E-state index is 0.117. The van der Waals surface area contributed by atoms with Crippen molar-refractivity contribution in [2.24, 2.45) is 9.98 Å². The van der Waals surface area contributed by atoms with Gasteiger partial charge >= 0.3 is 0 Å². The first kappa shape index (κ1) is 35.5. The second-order valence-electron chi connectivity index (χ2n) is 13.2. The van der Waals surface area contributed by atoms with Crippen molar-refractivity contribution >= 4 is 33.7 Å². The molecule has 0 atom stereocenters. The molecule has 0 fully saturated rings. The number of allylic oxidation sites excluding steroid dienone is 3. The number of aromatic nitrogens is 2. The second-order valence-corrected chi connectivity index (χ2v) is 13.2. The van der Waals surface area contributed by atoms with Crippen molar-refractivity contribution in [3.63, 3.8) is 0 Å². The molecule has 4 heterocycles. The summed E-state index contributed by atoms with van der Waals surface area (Å²) in [6.07, 6.45) is 0. The predicted molar refractivity (Wildman–Crippen MR) is 222 cm³/mol. The van der Waals surface area contributed by atoms with Crippen LogP contribution in [-0.4, -0.2) is 27.9 Å². The minimum absolute atomic E-state index is 0.117. The van der Waals surface area contributed by atoms with Gasteiger partial charge in [-0.05, 0) is 52.1 Å². The van der Waals surface area contributed by atoms with Gasteiger partial charge in [0.15, 0.2) is 0 Å². The summed E-state index contributed by atoms with van der Waals surface area (Å²) in [5, 5.41) is 42.8. The molecule has 0 spiro atoms. The maximum absolute atomic E-state index is 10.8. The molecule has 2 aliphatic rings. The molecule has 266 valence electrons. The highest BCUT2D eigenvalue weighted by Gasteiger charge is 2.32. The van der Waals surface area contributed by atoms with Gasteiger partial charge in [0.2, 0.25) is 0 Å². The molecule has 2 aliphatic heterocycles. The third-order valence-corrected chi connectivity index (χ3v) is 9.88. The Labute approximate surface area is 329 Å². The van der Waals surface area contributed by atoms with Crippen LogP contribution in [0.1, 0.15) is 33.6 Å². The van der Waals surface area contributed by atoms with Crippen LogP contribution in [-0.2, 0) is 0 Å². The van der Waals surface area contributed by atoms with Crippen molar-refractivity contribution in [3.8, 4) is 24.3 Å². The Kier molecular flexibility index (Phi) is 9.60. The molecule has 6 aromatic rings. The molecule has 0 unspecified atom stereocenters. The summed E-state index contributed by atoms with van der Waals surface area (Å²) >= 11 is 0.